The summed E-state index contributed by atoms with van der Waals surface area (Å²) in [5.74, 6) is 2.68. The summed E-state index contributed by atoms with van der Waals surface area (Å²) in [6, 6.07) is 0.255. The lowest BCUT2D eigenvalue weighted by Crippen LogP contribution is -2.57. The first kappa shape index (κ1) is 16.0. The maximum Gasteiger partial charge on any atom is 0.135 e. The van der Waals surface area contributed by atoms with Gasteiger partial charge in [-0.2, -0.15) is 0 Å². The Balaban J connectivity index is 2.25. The molecule has 2 atom stereocenters. The molecular weight excluding hydrogens is 264 g/mol. The summed E-state index contributed by atoms with van der Waals surface area (Å²) >= 11 is 0. The lowest BCUT2D eigenvalue weighted by atomic mass is 9.64. The molecule has 5 heteroatoms. The molecule has 0 aliphatic heterocycles. The van der Waals surface area contributed by atoms with Gasteiger partial charge in [0.1, 0.15) is 17.5 Å². The lowest BCUT2D eigenvalue weighted by molar-refractivity contribution is -0.0511. The maximum atomic E-state index is 9.89. The largest absolute Gasteiger partial charge is 0.392 e. The monoisotopic (exact) mass is 292 g/mol. The minimum atomic E-state index is -0.236. The summed E-state index contributed by atoms with van der Waals surface area (Å²) in [7, 11) is 0. The van der Waals surface area contributed by atoms with Crippen molar-refractivity contribution in [3.63, 3.8) is 0 Å². The highest BCUT2D eigenvalue weighted by Gasteiger charge is 2.47. The van der Waals surface area contributed by atoms with E-state index in [1.165, 1.54) is 0 Å². The number of aliphatic hydroxyl groups is 1. The van der Waals surface area contributed by atoms with Gasteiger partial charge in [0.05, 0.1) is 6.10 Å². The molecule has 0 amide bonds. The zero-order chi connectivity index (χ0) is 15.6. The van der Waals surface area contributed by atoms with Crippen molar-refractivity contribution in [3.05, 3.63) is 11.4 Å². The highest BCUT2D eigenvalue weighted by atomic mass is 16.3. The topological polar surface area (TPSA) is 70.1 Å². The van der Waals surface area contributed by atoms with Gasteiger partial charge in [-0.25, -0.2) is 9.97 Å². The fourth-order valence-corrected chi connectivity index (χ4v) is 2.69. The highest BCUT2D eigenvalue weighted by Crippen LogP contribution is 2.42. The summed E-state index contributed by atoms with van der Waals surface area (Å²) in [5.41, 5.74) is 0.939. The summed E-state index contributed by atoms with van der Waals surface area (Å²) < 4.78 is 0. The van der Waals surface area contributed by atoms with Crippen LogP contribution in [0.1, 0.15) is 51.9 Å². The molecule has 2 rings (SSSR count). The quantitative estimate of drug-likeness (QED) is 0.752. The summed E-state index contributed by atoms with van der Waals surface area (Å²) in [6.45, 7) is 11.3. The number of nitrogens with one attached hydrogen (secondary N) is 2. The van der Waals surface area contributed by atoms with Gasteiger partial charge in [0, 0.05) is 30.0 Å². The van der Waals surface area contributed by atoms with Gasteiger partial charge in [0.25, 0.3) is 0 Å². The molecule has 0 bridgehead atoms. The second kappa shape index (κ2) is 6.18. The second-order valence-corrected chi connectivity index (χ2v) is 6.51. The number of hydrogen-bond acceptors (Lipinski definition) is 5. The van der Waals surface area contributed by atoms with Crippen molar-refractivity contribution >= 4 is 11.6 Å². The molecule has 1 fully saturated rings. The molecule has 0 aromatic carbocycles. The van der Waals surface area contributed by atoms with Gasteiger partial charge in [-0.3, -0.25) is 0 Å². The van der Waals surface area contributed by atoms with Crippen LogP contribution < -0.4 is 10.6 Å². The van der Waals surface area contributed by atoms with Gasteiger partial charge >= 0.3 is 0 Å². The Labute approximate surface area is 127 Å². The second-order valence-electron chi connectivity index (χ2n) is 6.51. The van der Waals surface area contributed by atoms with E-state index < -0.39 is 0 Å². The molecule has 3 N–H and O–H groups in total. The number of anilines is 2. The molecule has 1 saturated carbocycles. The molecule has 21 heavy (non-hydrogen) atoms. The zero-order valence-electron chi connectivity index (χ0n) is 13.8. The van der Waals surface area contributed by atoms with Gasteiger partial charge in [-0.1, -0.05) is 20.8 Å². The molecule has 1 heterocycles. The maximum absolute atomic E-state index is 9.89. The average Bonchev–Trinajstić information content (AvgIpc) is 2.43. The molecule has 2 unspecified atom stereocenters. The molecule has 0 saturated heterocycles. The fourth-order valence-electron chi connectivity index (χ4n) is 2.69. The van der Waals surface area contributed by atoms with Crippen LogP contribution in [0.25, 0.3) is 0 Å². The number of rotatable bonds is 6. The van der Waals surface area contributed by atoms with Crippen molar-refractivity contribution in [1.82, 2.24) is 9.97 Å². The van der Waals surface area contributed by atoms with E-state index in [9.17, 15) is 5.11 Å². The lowest BCUT2D eigenvalue weighted by Gasteiger charge is -2.49. The Kier molecular flexibility index (Phi) is 4.71. The SMILES string of the molecule is CCCc1nc(NCC)c(C)c(NC2CC(O)C2(C)C)n1. The van der Waals surface area contributed by atoms with Gasteiger partial charge in [-0.15, -0.1) is 0 Å². The van der Waals surface area contributed by atoms with Crippen molar-refractivity contribution in [1.29, 1.82) is 0 Å². The van der Waals surface area contributed by atoms with Gasteiger partial charge in [0.15, 0.2) is 0 Å². The van der Waals surface area contributed by atoms with Crippen molar-refractivity contribution in [2.75, 3.05) is 17.2 Å². The number of hydrogen-bond donors (Lipinski definition) is 3. The van der Waals surface area contributed by atoms with Crippen LogP contribution >= 0.6 is 0 Å². The van der Waals surface area contributed by atoms with Crippen LogP contribution in [0.2, 0.25) is 0 Å². The van der Waals surface area contributed by atoms with Crippen molar-refractivity contribution in [2.24, 2.45) is 5.41 Å². The molecule has 118 valence electrons. The van der Waals surface area contributed by atoms with Crippen LogP contribution in [-0.2, 0) is 6.42 Å². The number of aryl methyl sites for hydroxylation is 1. The minimum Gasteiger partial charge on any atom is -0.392 e. The molecule has 1 aromatic rings. The minimum absolute atomic E-state index is 0.110. The van der Waals surface area contributed by atoms with Crippen LogP contribution in [0.3, 0.4) is 0 Å². The van der Waals surface area contributed by atoms with Crippen molar-refractivity contribution in [3.8, 4) is 0 Å². The van der Waals surface area contributed by atoms with E-state index in [2.05, 4.69) is 48.3 Å². The molecule has 0 radical (unpaired) electrons. The van der Waals surface area contributed by atoms with E-state index in [-0.39, 0.29) is 17.6 Å². The number of aliphatic hydroxyl groups excluding tert-OH is 1. The highest BCUT2D eigenvalue weighted by molar-refractivity contribution is 5.58. The molecule has 5 nitrogen and oxygen atoms in total. The summed E-state index contributed by atoms with van der Waals surface area (Å²) in [6.07, 6.45) is 2.45. The molecule has 0 spiro atoms. The molecule has 1 aliphatic carbocycles. The number of aromatic nitrogens is 2. The Morgan fingerprint density at radius 3 is 2.43 bits per heavy atom. The first-order valence-corrected chi connectivity index (χ1v) is 7.96. The van der Waals surface area contributed by atoms with Gasteiger partial charge in [0.2, 0.25) is 0 Å². The van der Waals surface area contributed by atoms with Crippen LogP contribution in [0.15, 0.2) is 0 Å². The standard InChI is InChI=1S/C16H28N4O/c1-6-8-13-19-14(17-7-2)10(3)15(20-13)18-11-9-12(21)16(11,4)5/h11-12,21H,6-9H2,1-5H3,(H2,17,18,19,20). The summed E-state index contributed by atoms with van der Waals surface area (Å²) in [5, 5.41) is 16.7. The first-order valence-electron chi connectivity index (χ1n) is 7.96. The first-order chi connectivity index (χ1) is 9.90. The zero-order valence-corrected chi connectivity index (χ0v) is 13.8. The van der Waals surface area contributed by atoms with Crippen molar-refractivity contribution in [2.45, 2.75) is 66.0 Å². The van der Waals surface area contributed by atoms with Crippen LogP contribution in [-0.4, -0.2) is 33.8 Å². The van der Waals surface area contributed by atoms with Crippen LogP contribution in [0.5, 0.6) is 0 Å². The normalized spacial score (nSPS) is 23.5. The Morgan fingerprint density at radius 1 is 1.24 bits per heavy atom. The molecule has 1 aromatic heterocycles. The smallest absolute Gasteiger partial charge is 0.135 e. The van der Waals surface area contributed by atoms with E-state index >= 15 is 0 Å². The van der Waals surface area contributed by atoms with E-state index in [4.69, 9.17) is 0 Å². The number of nitrogens with zero attached hydrogens (tertiary/aromatic N) is 2. The van der Waals surface area contributed by atoms with Crippen molar-refractivity contribution < 1.29 is 5.11 Å². The Morgan fingerprint density at radius 2 is 1.90 bits per heavy atom. The average molecular weight is 292 g/mol. The van der Waals surface area contributed by atoms with Crippen LogP contribution in [0, 0.1) is 12.3 Å². The van der Waals surface area contributed by atoms with Crippen LogP contribution in [0.4, 0.5) is 11.6 Å². The summed E-state index contributed by atoms with van der Waals surface area (Å²) in [4.78, 5) is 9.28. The predicted molar refractivity (Wildman–Crippen MR) is 86.7 cm³/mol. The van der Waals surface area contributed by atoms with Gasteiger partial charge < -0.3 is 15.7 Å². The Bertz CT molecular complexity index is 501. The Hall–Kier alpha value is -1.36. The van der Waals surface area contributed by atoms with E-state index in [0.29, 0.717) is 0 Å². The molecular formula is C16H28N4O. The molecule has 1 aliphatic rings. The fraction of sp³-hybridized carbons (Fsp3) is 0.750. The van der Waals surface area contributed by atoms with E-state index in [0.717, 1.165) is 48.8 Å². The predicted octanol–water partition coefficient (Wildman–Crippen LogP) is 2.74. The van der Waals surface area contributed by atoms with E-state index in [1.807, 2.05) is 6.92 Å². The third-order valence-electron chi connectivity index (χ3n) is 4.54. The third-order valence-corrected chi connectivity index (χ3v) is 4.54. The van der Waals surface area contributed by atoms with Gasteiger partial charge in [-0.05, 0) is 26.7 Å². The van der Waals surface area contributed by atoms with E-state index in [1.54, 1.807) is 0 Å². The third kappa shape index (κ3) is 3.12.